The van der Waals surface area contributed by atoms with Crippen molar-refractivity contribution >= 4 is 17.4 Å². The Morgan fingerprint density at radius 2 is 1.94 bits per heavy atom. The lowest BCUT2D eigenvalue weighted by Crippen LogP contribution is -1.95. The number of nitrogens with zero attached hydrogens (tertiary/aromatic N) is 5. The zero-order valence-electron chi connectivity index (χ0n) is 8.08. The fraction of sp³-hybridized carbons (Fsp3) is 0. The van der Waals surface area contributed by atoms with E-state index >= 15 is 0 Å². The van der Waals surface area contributed by atoms with Crippen LogP contribution in [0.5, 0.6) is 0 Å². The van der Waals surface area contributed by atoms with E-state index in [1.54, 1.807) is 6.20 Å². The molecule has 0 aliphatic rings. The third kappa shape index (κ3) is 1.51. The molecule has 0 aliphatic heterocycles. The van der Waals surface area contributed by atoms with E-state index in [1.165, 1.54) is 10.8 Å². The van der Waals surface area contributed by atoms with Gasteiger partial charge in [0, 0.05) is 10.6 Å². The van der Waals surface area contributed by atoms with Gasteiger partial charge in [-0.25, -0.2) is 4.98 Å². The Labute approximate surface area is 95.7 Å². The summed E-state index contributed by atoms with van der Waals surface area (Å²) in [5.41, 5.74) is 1.71. The van der Waals surface area contributed by atoms with Gasteiger partial charge in [0.15, 0.2) is 0 Å². The van der Waals surface area contributed by atoms with Crippen LogP contribution in [0, 0.1) is 0 Å². The second kappa shape index (κ2) is 3.53. The SMILES string of the molecule is Clc1ccc(-c2cnc3nncn3n2)cc1. The highest BCUT2D eigenvalue weighted by atomic mass is 35.5. The van der Waals surface area contributed by atoms with Gasteiger partial charge in [0.05, 0.1) is 6.20 Å². The van der Waals surface area contributed by atoms with Crippen molar-refractivity contribution in [3.8, 4) is 11.3 Å². The summed E-state index contributed by atoms with van der Waals surface area (Å²) in [7, 11) is 0. The molecule has 0 atom stereocenters. The van der Waals surface area contributed by atoms with Gasteiger partial charge >= 0.3 is 0 Å². The largest absolute Gasteiger partial charge is 0.271 e. The minimum absolute atomic E-state index is 0.484. The smallest absolute Gasteiger partial charge is 0.216 e. The summed E-state index contributed by atoms with van der Waals surface area (Å²) in [6.07, 6.45) is 3.18. The normalized spacial score (nSPS) is 10.8. The fourth-order valence-electron chi connectivity index (χ4n) is 1.39. The molecule has 0 saturated carbocycles. The first-order chi connectivity index (χ1) is 7.83. The molecular weight excluding hydrogens is 226 g/mol. The molecule has 0 radical (unpaired) electrons. The Kier molecular flexibility index (Phi) is 2.04. The highest BCUT2D eigenvalue weighted by molar-refractivity contribution is 6.30. The summed E-state index contributed by atoms with van der Waals surface area (Å²) in [5, 5.41) is 12.5. The number of fused-ring (bicyclic) bond motifs is 1. The van der Waals surface area contributed by atoms with Gasteiger partial charge in [0.25, 0.3) is 5.78 Å². The molecule has 0 N–H and O–H groups in total. The van der Waals surface area contributed by atoms with Gasteiger partial charge in [-0.3, -0.25) is 0 Å². The Hall–Kier alpha value is -2.01. The number of aromatic nitrogens is 5. The van der Waals surface area contributed by atoms with Crippen LogP contribution in [0.1, 0.15) is 0 Å². The van der Waals surface area contributed by atoms with E-state index in [9.17, 15) is 0 Å². The number of halogens is 1. The zero-order valence-corrected chi connectivity index (χ0v) is 8.83. The van der Waals surface area contributed by atoms with Gasteiger partial charge in [-0.15, -0.1) is 10.2 Å². The maximum atomic E-state index is 5.82. The van der Waals surface area contributed by atoms with E-state index in [2.05, 4.69) is 20.3 Å². The monoisotopic (exact) mass is 231 g/mol. The molecule has 78 valence electrons. The van der Waals surface area contributed by atoms with Crippen molar-refractivity contribution in [2.24, 2.45) is 0 Å². The maximum Gasteiger partial charge on any atom is 0.271 e. The molecule has 0 spiro atoms. The summed E-state index contributed by atoms with van der Waals surface area (Å²) >= 11 is 5.82. The van der Waals surface area contributed by atoms with Gasteiger partial charge in [-0.1, -0.05) is 23.7 Å². The summed E-state index contributed by atoms with van der Waals surface area (Å²) in [6, 6.07) is 7.41. The third-order valence-electron chi connectivity index (χ3n) is 2.17. The molecule has 0 amide bonds. The van der Waals surface area contributed by atoms with Crippen molar-refractivity contribution in [2.45, 2.75) is 0 Å². The summed E-state index contributed by atoms with van der Waals surface area (Å²) in [4.78, 5) is 4.13. The summed E-state index contributed by atoms with van der Waals surface area (Å²) in [5.74, 6) is 0.484. The zero-order chi connectivity index (χ0) is 11.0. The Morgan fingerprint density at radius 3 is 2.75 bits per heavy atom. The van der Waals surface area contributed by atoms with Crippen molar-refractivity contribution in [3.63, 3.8) is 0 Å². The molecule has 3 aromatic rings. The second-order valence-corrected chi connectivity index (χ2v) is 3.66. The van der Waals surface area contributed by atoms with Crippen LogP contribution in [0.3, 0.4) is 0 Å². The molecule has 0 fully saturated rings. The van der Waals surface area contributed by atoms with Crippen LogP contribution in [0.4, 0.5) is 0 Å². The molecule has 1 aromatic carbocycles. The molecule has 0 saturated heterocycles. The average molecular weight is 232 g/mol. The van der Waals surface area contributed by atoms with Gasteiger partial charge in [-0.2, -0.15) is 9.61 Å². The van der Waals surface area contributed by atoms with Crippen LogP contribution in [0.2, 0.25) is 5.02 Å². The van der Waals surface area contributed by atoms with Gasteiger partial charge in [0.2, 0.25) is 0 Å². The second-order valence-electron chi connectivity index (χ2n) is 3.23. The van der Waals surface area contributed by atoms with Crippen LogP contribution in [-0.4, -0.2) is 24.8 Å². The topological polar surface area (TPSA) is 56.0 Å². The Balaban J connectivity index is 2.14. The highest BCUT2D eigenvalue weighted by Crippen LogP contribution is 2.18. The van der Waals surface area contributed by atoms with Gasteiger partial charge < -0.3 is 0 Å². The van der Waals surface area contributed by atoms with E-state index in [4.69, 9.17) is 11.6 Å². The quantitative estimate of drug-likeness (QED) is 0.641. The number of hydrogen-bond acceptors (Lipinski definition) is 4. The summed E-state index contributed by atoms with van der Waals surface area (Å²) in [6.45, 7) is 0. The van der Waals surface area contributed by atoms with E-state index in [0.29, 0.717) is 10.8 Å². The summed E-state index contributed by atoms with van der Waals surface area (Å²) < 4.78 is 1.53. The van der Waals surface area contributed by atoms with Crippen molar-refractivity contribution in [1.29, 1.82) is 0 Å². The first-order valence-corrected chi connectivity index (χ1v) is 5.00. The van der Waals surface area contributed by atoms with Crippen LogP contribution in [0.25, 0.3) is 17.0 Å². The first kappa shape index (κ1) is 9.23. The lowest BCUT2D eigenvalue weighted by Gasteiger charge is -2.00. The third-order valence-corrected chi connectivity index (χ3v) is 2.42. The van der Waals surface area contributed by atoms with Crippen molar-refractivity contribution in [3.05, 3.63) is 41.8 Å². The predicted molar refractivity (Wildman–Crippen MR) is 59.0 cm³/mol. The first-order valence-electron chi connectivity index (χ1n) is 4.62. The van der Waals surface area contributed by atoms with Crippen molar-refractivity contribution < 1.29 is 0 Å². The van der Waals surface area contributed by atoms with Crippen molar-refractivity contribution in [2.75, 3.05) is 0 Å². The Morgan fingerprint density at radius 1 is 1.12 bits per heavy atom. The van der Waals surface area contributed by atoms with Gasteiger partial charge in [0.1, 0.15) is 12.0 Å². The minimum atomic E-state index is 0.484. The van der Waals surface area contributed by atoms with Crippen LogP contribution >= 0.6 is 11.6 Å². The van der Waals surface area contributed by atoms with Crippen molar-refractivity contribution in [1.82, 2.24) is 24.8 Å². The lowest BCUT2D eigenvalue weighted by molar-refractivity contribution is 0.905. The van der Waals surface area contributed by atoms with Gasteiger partial charge in [-0.05, 0) is 12.1 Å². The molecule has 5 nitrogen and oxygen atoms in total. The average Bonchev–Trinajstić information content (AvgIpc) is 2.77. The van der Waals surface area contributed by atoms with E-state index in [0.717, 1.165) is 11.3 Å². The molecule has 6 heteroatoms. The van der Waals surface area contributed by atoms with E-state index < -0.39 is 0 Å². The van der Waals surface area contributed by atoms with E-state index in [-0.39, 0.29) is 0 Å². The number of rotatable bonds is 1. The molecule has 2 heterocycles. The fourth-order valence-corrected chi connectivity index (χ4v) is 1.52. The maximum absolute atomic E-state index is 5.82. The molecule has 0 aliphatic carbocycles. The molecule has 3 rings (SSSR count). The highest BCUT2D eigenvalue weighted by Gasteiger charge is 2.03. The lowest BCUT2D eigenvalue weighted by atomic mass is 10.2. The minimum Gasteiger partial charge on any atom is -0.216 e. The molecular formula is C10H6ClN5. The molecule has 0 bridgehead atoms. The van der Waals surface area contributed by atoms with Crippen LogP contribution in [0.15, 0.2) is 36.8 Å². The number of hydrogen-bond donors (Lipinski definition) is 0. The molecule has 0 unspecified atom stereocenters. The Bertz CT molecular complexity index is 631. The van der Waals surface area contributed by atoms with E-state index in [1.807, 2.05) is 24.3 Å². The predicted octanol–water partition coefficient (Wildman–Crippen LogP) is 1.84. The van der Waals surface area contributed by atoms with Crippen LogP contribution in [-0.2, 0) is 0 Å². The van der Waals surface area contributed by atoms with Crippen LogP contribution < -0.4 is 0 Å². The molecule has 2 aromatic heterocycles. The standard InChI is InChI=1S/C10H6ClN5/c11-8-3-1-7(2-4-8)9-5-12-10-14-13-6-16(10)15-9/h1-6H. The number of benzene rings is 1. The molecule has 16 heavy (non-hydrogen) atoms.